The number of hydrogen-bond acceptors (Lipinski definition) is 5. The standard InChI is InChI=1S/C14H14BrN3OS/c15-10-3-5-12(17-7-10)20-13-6-4-11(16)14(18-13)19-8-9-1-2-9/h3-7,9H,1-2,8,16H2. The molecule has 0 amide bonds. The van der Waals surface area contributed by atoms with E-state index in [9.17, 15) is 0 Å². The smallest absolute Gasteiger partial charge is 0.238 e. The predicted octanol–water partition coefficient (Wildman–Crippen LogP) is 3.76. The molecule has 0 radical (unpaired) electrons. The van der Waals surface area contributed by atoms with Crippen LogP contribution in [0.5, 0.6) is 5.88 Å². The number of nitrogens with two attached hydrogens (primary N) is 1. The minimum atomic E-state index is 0.527. The molecule has 20 heavy (non-hydrogen) atoms. The third-order valence-corrected chi connectivity index (χ3v) is 4.28. The number of halogens is 1. The maximum atomic E-state index is 5.89. The molecule has 1 fully saturated rings. The minimum absolute atomic E-state index is 0.527. The summed E-state index contributed by atoms with van der Waals surface area (Å²) >= 11 is 4.86. The Morgan fingerprint density at radius 1 is 1.25 bits per heavy atom. The molecule has 6 heteroatoms. The molecule has 0 aliphatic heterocycles. The molecule has 2 aromatic rings. The van der Waals surface area contributed by atoms with Gasteiger partial charge in [-0.1, -0.05) is 0 Å². The van der Waals surface area contributed by atoms with Crippen LogP contribution in [0.25, 0.3) is 0 Å². The Morgan fingerprint density at radius 2 is 2.05 bits per heavy atom. The van der Waals surface area contributed by atoms with E-state index < -0.39 is 0 Å². The topological polar surface area (TPSA) is 61.0 Å². The highest BCUT2D eigenvalue weighted by molar-refractivity contribution is 9.10. The summed E-state index contributed by atoms with van der Waals surface area (Å²) in [6.45, 7) is 0.710. The van der Waals surface area contributed by atoms with Crippen LogP contribution in [0.1, 0.15) is 12.8 Å². The summed E-state index contributed by atoms with van der Waals surface area (Å²) < 4.78 is 6.64. The van der Waals surface area contributed by atoms with Gasteiger partial charge in [-0.15, -0.1) is 0 Å². The largest absolute Gasteiger partial charge is 0.476 e. The fourth-order valence-electron chi connectivity index (χ4n) is 1.62. The second-order valence-corrected chi connectivity index (χ2v) is 6.67. The van der Waals surface area contributed by atoms with Crippen LogP contribution in [-0.2, 0) is 0 Å². The lowest BCUT2D eigenvalue weighted by Gasteiger charge is -2.08. The minimum Gasteiger partial charge on any atom is -0.476 e. The summed E-state index contributed by atoms with van der Waals surface area (Å²) in [6, 6.07) is 7.61. The summed E-state index contributed by atoms with van der Waals surface area (Å²) in [6.07, 6.45) is 4.26. The third-order valence-electron chi connectivity index (χ3n) is 2.93. The van der Waals surface area contributed by atoms with E-state index in [1.807, 2.05) is 24.3 Å². The van der Waals surface area contributed by atoms with Gasteiger partial charge in [0.25, 0.3) is 0 Å². The molecule has 104 valence electrons. The Balaban J connectivity index is 1.71. The highest BCUT2D eigenvalue weighted by atomic mass is 79.9. The van der Waals surface area contributed by atoms with E-state index in [0.29, 0.717) is 24.1 Å². The second kappa shape index (κ2) is 6.01. The number of nitrogens with zero attached hydrogens (tertiary/aromatic N) is 2. The van der Waals surface area contributed by atoms with Crippen molar-refractivity contribution in [2.24, 2.45) is 5.92 Å². The van der Waals surface area contributed by atoms with Crippen molar-refractivity contribution in [2.45, 2.75) is 22.9 Å². The Kier molecular flexibility index (Phi) is 4.12. The third kappa shape index (κ3) is 3.64. The van der Waals surface area contributed by atoms with E-state index in [1.54, 1.807) is 6.20 Å². The molecule has 0 bridgehead atoms. The van der Waals surface area contributed by atoms with Gasteiger partial charge in [0.1, 0.15) is 10.1 Å². The van der Waals surface area contributed by atoms with Crippen molar-refractivity contribution in [3.05, 3.63) is 34.9 Å². The molecular weight excluding hydrogens is 338 g/mol. The predicted molar refractivity (Wildman–Crippen MR) is 82.9 cm³/mol. The van der Waals surface area contributed by atoms with Gasteiger partial charge in [-0.05, 0) is 70.7 Å². The highest BCUT2D eigenvalue weighted by Crippen LogP contribution is 2.32. The van der Waals surface area contributed by atoms with Gasteiger partial charge < -0.3 is 10.5 Å². The zero-order chi connectivity index (χ0) is 13.9. The van der Waals surface area contributed by atoms with Crippen LogP contribution in [0.3, 0.4) is 0 Å². The van der Waals surface area contributed by atoms with Gasteiger partial charge in [-0.2, -0.15) is 0 Å². The quantitative estimate of drug-likeness (QED) is 0.888. The molecule has 1 aliphatic carbocycles. The Hall–Kier alpha value is -1.27. The van der Waals surface area contributed by atoms with Crippen molar-refractivity contribution in [3.63, 3.8) is 0 Å². The molecular formula is C14H14BrN3OS. The molecule has 1 aliphatic rings. The molecule has 2 aromatic heterocycles. The van der Waals surface area contributed by atoms with E-state index in [0.717, 1.165) is 14.5 Å². The summed E-state index contributed by atoms with van der Waals surface area (Å²) in [5.74, 6) is 1.21. The molecule has 0 unspecified atom stereocenters. The summed E-state index contributed by atoms with van der Waals surface area (Å²) in [5, 5.41) is 1.72. The van der Waals surface area contributed by atoms with Crippen molar-refractivity contribution in [1.29, 1.82) is 0 Å². The Labute approximate surface area is 130 Å². The van der Waals surface area contributed by atoms with E-state index in [-0.39, 0.29) is 0 Å². The van der Waals surface area contributed by atoms with Gasteiger partial charge in [0.05, 0.1) is 12.3 Å². The summed E-state index contributed by atoms with van der Waals surface area (Å²) in [7, 11) is 0. The number of hydrogen-bond donors (Lipinski definition) is 1. The van der Waals surface area contributed by atoms with Crippen molar-refractivity contribution in [2.75, 3.05) is 12.3 Å². The van der Waals surface area contributed by atoms with Crippen LogP contribution in [0, 0.1) is 5.92 Å². The molecule has 1 saturated carbocycles. The molecule has 3 rings (SSSR count). The van der Waals surface area contributed by atoms with E-state index >= 15 is 0 Å². The van der Waals surface area contributed by atoms with Gasteiger partial charge in [-0.25, -0.2) is 9.97 Å². The highest BCUT2D eigenvalue weighted by Gasteiger charge is 2.22. The van der Waals surface area contributed by atoms with Gasteiger partial charge >= 0.3 is 0 Å². The van der Waals surface area contributed by atoms with E-state index in [2.05, 4.69) is 25.9 Å². The molecule has 0 atom stereocenters. The number of rotatable bonds is 5. The van der Waals surface area contributed by atoms with Gasteiger partial charge in [0.2, 0.25) is 5.88 Å². The van der Waals surface area contributed by atoms with E-state index in [1.165, 1.54) is 24.6 Å². The molecule has 2 heterocycles. The van der Waals surface area contributed by atoms with Crippen molar-refractivity contribution < 1.29 is 4.74 Å². The Bertz CT molecular complexity index is 602. The maximum Gasteiger partial charge on any atom is 0.238 e. The lowest BCUT2D eigenvalue weighted by atomic mass is 10.4. The first-order chi connectivity index (χ1) is 9.70. The molecule has 0 spiro atoms. The van der Waals surface area contributed by atoms with Crippen LogP contribution in [0.15, 0.2) is 45.0 Å². The first-order valence-electron chi connectivity index (χ1n) is 6.39. The number of ether oxygens (including phenoxy) is 1. The number of aromatic nitrogens is 2. The molecule has 4 nitrogen and oxygen atoms in total. The SMILES string of the molecule is Nc1ccc(Sc2ccc(Br)cn2)nc1OCC1CC1. The van der Waals surface area contributed by atoms with Crippen LogP contribution in [0.2, 0.25) is 0 Å². The fourth-order valence-corrected chi connectivity index (χ4v) is 2.57. The number of anilines is 1. The first-order valence-corrected chi connectivity index (χ1v) is 8.00. The first kappa shape index (κ1) is 13.7. The van der Waals surface area contributed by atoms with Gasteiger partial charge in [0.15, 0.2) is 0 Å². The Morgan fingerprint density at radius 3 is 2.75 bits per heavy atom. The molecule has 2 N–H and O–H groups in total. The van der Waals surface area contributed by atoms with Crippen LogP contribution < -0.4 is 10.5 Å². The zero-order valence-electron chi connectivity index (χ0n) is 10.8. The van der Waals surface area contributed by atoms with Crippen molar-refractivity contribution >= 4 is 33.4 Å². The lowest BCUT2D eigenvalue weighted by Crippen LogP contribution is -2.04. The summed E-state index contributed by atoms with van der Waals surface area (Å²) in [4.78, 5) is 8.77. The molecule has 0 aromatic carbocycles. The van der Waals surface area contributed by atoms with Crippen molar-refractivity contribution in [3.8, 4) is 5.88 Å². The maximum absolute atomic E-state index is 5.89. The second-order valence-electron chi connectivity index (χ2n) is 4.71. The van der Waals surface area contributed by atoms with E-state index in [4.69, 9.17) is 10.5 Å². The van der Waals surface area contributed by atoms with Gasteiger partial charge in [-0.3, -0.25) is 0 Å². The lowest BCUT2D eigenvalue weighted by molar-refractivity contribution is 0.288. The van der Waals surface area contributed by atoms with Crippen molar-refractivity contribution in [1.82, 2.24) is 9.97 Å². The fraction of sp³-hybridized carbons (Fsp3) is 0.286. The summed E-state index contributed by atoms with van der Waals surface area (Å²) in [5.41, 5.74) is 6.47. The number of nitrogen functional groups attached to an aromatic ring is 1. The normalized spacial score (nSPS) is 14.2. The van der Waals surface area contributed by atoms with Crippen LogP contribution in [0.4, 0.5) is 5.69 Å². The average molecular weight is 352 g/mol. The van der Waals surface area contributed by atoms with Crippen LogP contribution in [-0.4, -0.2) is 16.6 Å². The number of pyridine rings is 2. The average Bonchev–Trinajstić information content (AvgIpc) is 3.26. The monoisotopic (exact) mass is 351 g/mol. The van der Waals surface area contributed by atoms with Crippen LogP contribution >= 0.6 is 27.7 Å². The molecule has 0 saturated heterocycles. The zero-order valence-corrected chi connectivity index (χ0v) is 13.2. The van der Waals surface area contributed by atoms with Gasteiger partial charge in [0, 0.05) is 10.7 Å².